The number of amides is 1. The summed E-state index contributed by atoms with van der Waals surface area (Å²) >= 11 is 0. The lowest BCUT2D eigenvalue weighted by atomic mass is 10.1. The number of nitrogens with zero attached hydrogens (tertiary/aromatic N) is 5. The molecule has 0 aliphatic heterocycles. The Kier molecular flexibility index (Phi) is 4.62. The lowest BCUT2D eigenvalue weighted by Crippen LogP contribution is -2.29. The first-order chi connectivity index (χ1) is 13.8. The van der Waals surface area contributed by atoms with Gasteiger partial charge in [0.1, 0.15) is 5.69 Å². The standard InChI is InChI=1S/C23H23N5O/c1-14-6-8-19-18(10-14)13-24-22(26-19)17-7-9-20(15(2)11-17)27(4)23(29)21-16(3)12-25-28(21)5/h6-13H,1-5H3. The van der Waals surface area contributed by atoms with Crippen molar-refractivity contribution in [2.24, 2.45) is 7.05 Å². The molecule has 2 aromatic carbocycles. The Morgan fingerprint density at radius 3 is 2.48 bits per heavy atom. The predicted octanol–water partition coefficient (Wildman–Crippen LogP) is 4.23. The lowest BCUT2D eigenvalue weighted by molar-refractivity contribution is 0.0983. The van der Waals surface area contributed by atoms with Crippen molar-refractivity contribution < 1.29 is 4.79 Å². The van der Waals surface area contributed by atoms with Gasteiger partial charge in [-0.15, -0.1) is 0 Å². The number of aryl methyl sites for hydroxylation is 4. The minimum Gasteiger partial charge on any atom is -0.310 e. The second-order valence-corrected chi connectivity index (χ2v) is 7.42. The van der Waals surface area contributed by atoms with Crippen molar-refractivity contribution in [1.82, 2.24) is 19.7 Å². The van der Waals surface area contributed by atoms with Crippen LogP contribution in [0.25, 0.3) is 22.3 Å². The number of anilines is 1. The summed E-state index contributed by atoms with van der Waals surface area (Å²) in [5.74, 6) is 0.586. The van der Waals surface area contributed by atoms with Gasteiger partial charge in [0.05, 0.1) is 11.7 Å². The Hall–Kier alpha value is -3.54. The number of rotatable bonds is 3. The van der Waals surface area contributed by atoms with Crippen LogP contribution in [0.2, 0.25) is 0 Å². The molecule has 2 aromatic heterocycles. The molecule has 0 atom stereocenters. The molecule has 0 spiro atoms. The van der Waals surface area contributed by atoms with Gasteiger partial charge in [-0.3, -0.25) is 9.48 Å². The molecule has 29 heavy (non-hydrogen) atoms. The maximum absolute atomic E-state index is 13.0. The van der Waals surface area contributed by atoms with E-state index in [1.54, 1.807) is 29.9 Å². The summed E-state index contributed by atoms with van der Waals surface area (Å²) in [6, 6.07) is 12.1. The SMILES string of the molecule is Cc1ccc2nc(-c3ccc(N(C)C(=O)c4c(C)cnn4C)c(C)c3)ncc2c1. The van der Waals surface area contributed by atoms with Gasteiger partial charge in [0.15, 0.2) is 5.82 Å². The number of carbonyl (C=O) groups excluding carboxylic acids is 1. The summed E-state index contributed by atoms with van der Waals surface area (Å²) in [5.41, 5.74) is 6.29. The maximum Gasteiger partial charge on any atom is 0.276 e. The summed E-state index contributed by atoms with van der Waals surface area (Å²) in [4.78, 5) is 23.9. The van der Waals surface area contributed by atoms with Gasteiger partial charge in [0.25, 0.3) is 5.91 Å². The topological polar surface area (TPSA) is 63.9 Å². The molecule has 0 radical (unpaired) electrons. The molecule has 4 aromatic rings. The van der Waals surface area contributed by atoms with Gasteiger partial charge in [-0.05, 0) is 62.2 Å². The third kappa shape index (κ3) is 3.38. The van der Waals surface area contributed by atoms with Crippen molar-refractivity contribution in [3.63, 3.8) is 0 Å². The third-order valence-corrected chi connectivity index (χ3v) is 5.18. The highest BCUT2D eigenvalue weighted by Gasteiger charge is 2.21. The molecule has 1 amide bonds. The van der Waals surface area contributed by atoms with Crippen molar-refractivity contribution in [3.8, 4) is 11.4 Å². The molecule has 0 aliphatic rings. The summed E-state index contributed by atoms with van der Waals surface area (Å²) in [6.45, 7) is 5.94. The summed E-state index contributed by atoms with van der Waals surface area (Å²) in [5, 5.41) is 5.20. The molecule has 6 heteroatoms. The second kappa shape index (κ2) is 7.13. The minimum atomic E-state index is -0.0873. The molecule has 6 nitrogen and oxygen atoms in total. The van der Waals surface area contributed by atoms with Crippen LogP contribution in [0.3, 0.4) is 0 Å². The van der Waals surface area contributed by atoms with Gasteiger partial charge in [-0.1, -0.05) is 11.6 Å². The highest BCUT2D eigenvalue weighted by molar-refractivity contribution is 6.06. The number of hydrogen-bond acceptors (Lipinski definition) is 4. The van der Waals surface area contributed by atoms with E-state index in [1.807, 2.05) is 44.3 Å². The first-order valence-corrected chi connectivity index (χ1v) is 9.46. The molecule has 0 aliphatic carbocycles. The molecule has 0 fully saturated rings. The van der Waals surface area contributed by atoms with Gasteiger partial charge in [0.2, 0.25) is 0 Å². The largest absolute Gasteiger partial charge is 0.310 e. The van der Waals surface area contributed by atoms with E-state index in [9.17, 15) is 4.79 Å². The molecular formula is C23H23N5O. The normalized spacial score (nSPS) is 11.1. The average molecular weight is 385 g/mol. The number of fused-ring (bicyclic) bond motifs is 1. The fraction of sp³-hybridized carbons (Fsp3) is 0.217. The summed E-state index contributed by atoms with van der Waals surface area (Å²) in [7, 11) is 3.56. The molecule has 0 saturated carbocycles. The van der Waals surface area contributed by atoms with E-state index in [-0.39, 0.29) is 5.91 Å². The van der Waals surface area contributed by atoms with Gasteiger partial charge >= 0.3 is 0 Å². The molecule has 2 heterocycles. The first kappa shape index (κ1) is 18.8. The van der Waals surface area contributed by atoms with Crippen LogP contribution in [0.5, 0.6) is 0 Å². The zero-order chi connectivity index (χ0) is 20.7. The molecule has 4 rings (SSSR count). The fourth-order valence-corrected chi connectivity index (χ4v) is 3.59. The monoisotopic (exact) mass is 385 g/mol. The minimum absolute atomic E-state index is 0.0873. The van der Waals surface area contributed by atoms with Crippen molar-refractivity contribution in [2.45, 2.75) is 20.8 Å². The fourth-order valence-electron chi connectivity index (χ4n) is 3.59. The Bertz CT molecular complexity index is 1220. The molecule has 0 bridgehead atoms. The number of hydrogen-bond donors (Lipinski definition) is 0. The Balaban J connectivity index is 1.67. The van der Waals surface area contributed by atoms with Crippen LogP contribution in [-0.4, -0.2) is 32.7 Å². The third-order valence-electron chi connectivity index (χ3n) is 5.18. The summed E-state index contributed by atoms with van der Waals surface area (Å²) in [6.07, 6.45) is 3.56. The van der Waals surface area contributed by atoms with Crippen molar-refractivity contribution in [1.29, 1.82) is 0 Å². The van der Waals surface area contributed by atoms with Crippen LogP contribution in [0.1, 0.15) is 27.2 Å². The number of aromatic nitrogens is 4. The van der Waals surface area contributed by atoms with E-state index in [4.69, 9.17) is 4.98 Å². The van der Waals surface area contributed by atoms with E-state index < -0.39 is 0 Å². The second-order valence-electron chi connectivity index (χ2n) is 7.42. The molecule has 0 saturated heterocycles. The number of benzene rings is 2. The zero-order valence-electron chi connectivity index (χ0n) is 17.3. The van der Waals surface area contributed by atoms with Gasteiger partial charge in [-0.2, -0.15) is 5.10 Å². The van der Waals surface area contributed by atoms with Crippen LogP contribution in [0.4, 0.5) is 5.69 Å². The number of carbonyl (C=O) groups is 1. The smallest absolute Gasteiger partial charge is 0.276 e. The molecule has 146 valence electrons. The van der Waals surface area contributed by atoms with Crippen LogP contribution in [0, 0.1) is 20.8 Å². The highest BCUT2D eigenvalue weighted by Crippen LogP contribution is 2.27. The summed E-state index contributed by atoms with van der Waals surface area (Å²) < 4.78 is 1.61. The quantitative estimate of drug-likeness (QED) is 0.529. The Labute approximate surface area is 169 Å². The zero-order valence-corrected chi connectivity index (χ0v) is 17.3. The highest BCUT2D eigenvalue weighted by atomic mass is 16.2. The van der Waals surface area contributed by atoms with Gasteiger partial charge in [0, 0.05) is 36.9 Å². The first-order valence-electron chi connectivity index (χ1n) is 9.46. The molecule has 0 N–H and O–H groups in total. The van der Waals surface area contributed by atoms with Crippen LogP contribution >= 0.6 is 0 Å². The van der Waals surface area contributed by atoms with E-state index in [2.05, 4.69) is 29.1 Å². The van der Waals surface area contributed by atoms with Crippen LogP contribution in [0.15, 0.2) is 48.8 Å². The van der Waals surface area contributed by atoms with E-state index >= 15 is 0 Å². The van der Waals surface area contributed by atoms with Crippen LogP contribution < -0.4 is 4.90 Å². The maximum atomic E-state index is 13.0. The van der Waals surface area contributed by atoms with Crippen LogP contribution in [-0.2, 0) is 7.05 Å². The van der Waals surface area contributed by atoms with E-state index in [1.165, 1.54) is 5.56 Å². The van der Waals surface area contributed by atoms with E-state index in [0.717, 1.165) is 33.3 Å². The van der Waals surface area contributed by atoms with Crippen molar-refractivity contribution in [2.75, 3.05) is 11.9 Å². The van der Waals surface area contributed by atoms with E-state index in [0.29, 0.717) is 11.5 Å². The van der Waals surface area contributed by atoms with Gasteiger partial charge in [-0.25, -0.2) is 9.97 Å². The van der Waals surface area contributed by atoms with Gasteiger partial charge < -0.3 is 4.90 Å². The predicted molar refractivity (Wildman–Crippen MR) is 115 cm³/mol. The lowest BCUT2D eigenvalue weighted by Gasteiger charge is -2.20. The Morgan fingerprint density at radius 1 is 1.00 bits per heavy atom. The Morgan fingerprint density at radius 2 is 1.79 bits per heavy atom. The molecule has 0 unspecified atom stereocenters. The van der Waals surface area contributed by atoms with Crippen molar-refractivity contribution in [3.05, 3.63) is 71.2 Å². The van der Waals surface area contributed by atoms with Crippen molar-refractivity contribution >= 4 is 22.5 Å². The average Bonchev–Trinajstić information content (AvgIpc) is 3.04. The molecular weight excluding hydrogens is 362 g/mol.